The van der Waals surface area contributed by atoms with E-state index in [1.54, 1.807) is 0 Å². The number of carbonyl (C=O) groups is 1. The summed E-state index contributed by atoms with van der Waals surface area (Å²) < 4.78 is 0. The Hall–Kier alpha value is -3.21. The summed E-state index contributed by atoms with van der Waals surface area (Å²) >= 11 is 0. The molecule has 0 spiro atoms. The third-order valence-corrected chi connectivity index (χ3v) is 5.23. The molecule has 29 heavy (non-hydrogen) atoms. The number of amides is 1. The maximum absolute atomic E-state index is 12.3. The molecule has 0 unspecified atom stereocenters. The summed E-state index contributed by atoms with van der Waals surface area (Å²) in [6.07, 6.45) is 5.38. The van der Waals surface area contributed by atoms with Gasteiger partial charge in [0.2, 0.25) is 5.91 Å². The molecule has 1 saturated heterocycles. The number of nitrogens with zero attached hydrogens (tertiary/aromatic N) is 3. The average Bonchev–Trinajstić information content (AvgIpc) is 3.04. The summed E-state index contributed by atoms with van der Waals surface area (Å²) in [4.78, 5) is 14.7. The molecular weight excluding hydrogens is 360 g/mol. The van der Waals surface area contributed by atoms with E-state index in [9.17, 15) is 4.79 Å². The summed E-state index contributed by atoms with van der Waals surface area (Å²) in [6, 6.07) is 21.6. The van der Waals surface area contributed by atoms with Crippen LogP contribution in [-0.2, 0) is 11.2 Å². The predicted octanol–water partition coefficient (Wildman–Crippen LogP) is 4.71. The lowest BCUT2D eigenvalue weighted by Gasteiger charge is -2.20. The maximum Gasteiger partial charge on any atom is 0.228 e. The zero-order chi connectivity index (χ0) is 19.9. The zero-order valence-electron chi connectivity index (χ0n) is 16.6. The van der Waals surface area contributed by atoms with Crippen LogP contribution in [0.4, 0.5) is 11.5 Å². The van der Waals surface area contributed by atoms with Gasteiger partial charge in [-0.05, 0) is 42.7 Å². The fourth-order valence-corrected chi connectivity index (χ4v) is 3.69. The normalized spacial score (nSPS) is 14.3. The topological polar surface area (TPSA) is 58.1 Å². The molecule has 1 N–H and O–H groups in total. The summed E-state index contributed by atoms with van der Waals surface area (Å²) in [6.45, 7) is 2.11. The second-order valence-corrected chi connectivity index (χ2v) is 7.47. The van der Waals surface area contributed by atoms with Crippen molar-refractivity contribution >= 4 is 17.4 Å². The lowest BCUT2D eigenvalue weighted by atomic mass is 10.1. The van der Waals surface area contributed by atoms with E-state index in [2.05, 4.69) is 20.4 Å². The highest BCUT2D eigenvalue weighted by atomic mass is 16.1. The molecule has 4 rings (SSSR count). The van der Waals surface area contributed by atoms with Crippen molar-refractivity contribution in [1.29, 1.82) is 0 Å². The average molecular weight is 386 g/mol. The van der Waals surface area contributed by atoms with Crippen LogP contribution in [0.3, 0.4) is 0 Å². The van der Waals surface area contributed by atoms with E-state index in [1.807, 2.05) is 66.7 Å². The molecule has 0 atom stereocenters. The quantitative estimate of drug-likeness (QED) is 0.690. The van der Waals surface area contributed by atoms with Crippen molar-refractivity contribution in [1.82, 2.24) is 10.2 Å². The molecule has 148 valence electrons. The van der Waals surface area contributed by atoms with E-state index in [4.69, 9.17) is 0 Å². The Balaban J connectivity index is 1.43. The molecule has 1 amide bonds. The van der Waals surface area contributed by atoms with Crippen molar-refractivity contribution in [2.45, 2.75) is 32.1 Å². The molecule has 0 bridgehead atoms. The van der Waals surface area contributed by atoms with E-state index in [0.29, 0.717) is 6.42 Å². The molecule has 1 aliphatic heterocycles. The molecule has 5 heteroatoms. The third kappa shape index (κ3) is 5.19. The van der Waals surface area contributed by atoms with Gasteiger partial charge in [0.05, 0.1) is 12.1 Å². The number of hydrogen-bond acceptors (Lipinski definition) is 4. The van der Waals surface area contributed by atoms with Gasteiger partial charge < -0.3 is 10.2 Å². The molecule has 5 nitrogen and oxygen atoms in total. The van der Waals surface area contributed by atoms with Crippen molar-refractivity contribution in [3.05, 3.63) is 72.3 Å². The van der Waals surface area contributed by atoms with Gasteiger partial charge in [-0.1, -0.05) is 55.3 Å². The van der Waals surface area contributed by atoms with E-state index in [1.165, 1.54) is 25.7 Å². The Labute approximate surface area is 171 Å². The number of benzene rings is 2. The highest BCUT2D eigenvalue weighted by molar-refractivity contribution is 5.92. The molecule has 1 aliphatic rings. The first-order valence-electron chi connectivity index (χ1n) is 10.3. The van der Waals surface area contributed by atoms with Gasteiger partial charge in [-0.25, -0.2) is 0 Å². The van der Waals surface area contributed by atoms with Gasteiger partial charge in [0, 0.05) is 24.3 Å². The summed E-state index contributed by atoms with van der Waals surface area (Å²) in [5.74, 6) is 0.916. The van der Waals surface area contributed by atoms with E-state index < -0.39 is 0 Å². The number of carbonyl (C=O) groups excluding carboxylic acids is 1. The molecule has 0 saturated carbocycles. The Morgan fingerprint density at radius 1 is 0.862 bits per heavy atom. The number of nitrogens with one attached hydrogen (secondary N) is 1. The van der Waals surface area contributed by atoms with Crippen molar-refractivity contribution in [2.24, 2.45) is 0 Å². The maximum atomic E-state index is 12.3. The number of anilines is 2. The minimum absolute atomic E-state index is 0.0315. The molecule has 2 heterocycles. The van der Waals surface area contributed by atoms with Crippen LogP contribution in [-0.4, -0.2) is 29.2 Å². The molecule has 0 aliphatic carbocycles. The van der Waals surface area contributed by atoms with E-state index >= 15 is 0 Å². The van der Waals surface area contributed by atoms with Crippen LogP contribution in [0.1, 0.15) is 31.2 Å². The Kier molecular flexibility index (Phi) is 6.15. The summed E-state index contributed by atoms with van der Waals surface area (Å²) in [5, 5.41) is 11.9. The first-order chi connectivity index (χ1) is 14.3. The highest BCUT2D eigenvalue weighted by Crippen LogP contribution is 2.23. The SMILES string of the molecule is O=C(Cc1ccccc1)Nc1cccc(-c2ccc(N3CCCCCC3)nn2)c1. The van der Waals surface area contributed by atoms with Crippen LogP contribution in [0.15, 0.2) is 66.7 Å². The monoisotopic (exact) mass is 386 g/mol. The summed E-state index contributed by atoms with van der Waals surface area (Å²) in [7, 11) is 0. The van der Waals surface area contributed by atoms with Crippen molar-refractivity contribution in [3.63, 3.8) is 0 Å². The highest BCUT2D eigenvalue weighted by Gasteiger charge is 2.12. The molecule has 3 aromatic rings. The molecular formula is C24H26N4O. The first-order valence-corrected chi connectivity index (χ1v) is 10.3. The fourth-order valence-electron chi connectivity index (χ4n) is 3.69. The van der Waals surface area contributed by atoms with Gasteiger partial charge in [-0.2, -0.15) is 0 Å². The number of hydrogen-bond donors (Lipinski definition) is 1. The third-order valence-electron chi connectivity index (χ3n) is 5.23. The standard InChI is InChI=1S/C24H26N4O/c29-24(17-19-9-4-3-5-10-19)25-21-12-8-11-20(18-21)22-13-14-23(27-26-22)28-15-6-1-2-7-16-28/h3-5,8-14,18H,1-2,6-7,15-17H2,(H,25,29). The Bertz CT molecular complexity index is 933. The smallest absolute Gasteiger partial charge is 0.228 e. The zero-order valence-corrected chi connectivity index (χ0v) is 16.6. The van der Waals surface area contributed by atoms with Crippen molar-refractivity contribution in [3.8, 4) is 11.3 Å². The van der Waals surface area contributed by atoms with Crippen molar-refractivity contribution < 1.29 is 4.79 Å². The van der Waals surface area contributed by atoms with Crippen LogP contribution < -0.4 is 10.2 Å². The molecule has 1 aromatic heterocycles. The minimum atomic E-state index is -0.0315. The van der Waals surface area contributed by atoms with Gasteiger partial charge in [0.1, 0.15) is 0 Å². The van der Waals surface area contributed by atoms with E-state index in [-0.39, 0.29) is 5.91 Å². The van der Waals surface area contributed by atoms with Crippen LogP contribution in [0.5, 0.6) is 0 Å². The Morgan fingerprint density at radius 2 is 1.66 bits per heavy atom. The van der Waals surface area contributed by atoms with Gasteiger partial charge in [0.15, 0.2) is 5.82 Å². The predicted molar refractivity (Wildman–Crippen MR) is 117 cm³/mol. The lowest BCUT2D eigenvalue weighted by molar-refractivity contribution is -0.115. The lowest BCUT2D eigenvalue weighted by Crippen LogP contribution is -2.25. The van der Waals surface area contributed by atoms with Crippen LogP contribution in [0.25, 0.3) is 11.3 Å². The van der Waals surface area contributed by atoms with E-state index in [0.717, 1.165) is 41.4 Å². The minimum Gasteiger partial charge on any atom is -0.355 e. The van der Waals surface area contributed by atoms with Gasteiger partial charge in [-0.15, -0.1) is 10.2 Å². The van der Waals surface area contributed by atoms with Crippen LogP contribution >= 0.6 is 0 Å². The van der Waals surface area contributed by atoms with Gasteiger partial charge in [-0.3, -0.25) is 4.79 Å². The number of aromatic nitrogens is 2. The molecule has 1 fully saturated rings. The second kappa shape index (κ2) is 9.32. The largest absolute Gasteiger partial charge is 0.355 e. The molecule has 2 aromatic carbocycles. The van der Waals surface area contributed by atoms with Gasteiger partial charge >= 0.3 is 0 Å². The Morgan fingerprint density at radius 3 is 2.38 bits per heavy atom. The fraction of sp³-hybridized carbons (Fsp3) is 0.292. The first kappa shape index (κ1) is 19.1. The molecule has 0 radical (unpaired) electrons. The van der Waals surface area contributed by atoms with Crippen LogP contribution in [0.2, 0.25) is 0 Å². The van der Waals surface area contributed by atoms with Gasteiger partial charge in [0.25, 0.3) is 0 Å². The van der Waals surface area contributed by atoms with Crippen molar-refractivity contribution in [2.75, 3.05) is 23.3 Å². The summed E-state index contributed by atoms with van der Waals surface area (Å²) in [5.41, 5.74) is 3.51. The second-order valence-electron chi connectivity index (χ2n) is 7.47. The number of rotatable bonds is 5. The van der Waals surface area contributed by atoms with Crippen LogP contribution in [0, 0.1) is 0 Å².